The van der Waals surface area contributed by atoms with Gasteiger partial charge in [-0.2, -0.15) is 15.0 Å². The zero-order valence-electron chi connectivity index (χ0n) is 11.9. The minimum Gasteiger partial charge on any atom is -0.368 e. The fourth-order valence-electron chi connectivity index (χ4n) is 1.71. The van der Waals surface area contributed by atoms with Gasteiger partial charge in [0.05, 0.1) is 5.75 Å². The van der Waals surface area contributed by atoms with E-state index in [1.54, 1.807) is 11.8 Å². The Morgan fingerprint density at radius 2 is 1.85 bits per heavy atom. The molecule has 6 heteroatoms. The highest BCUT2D eigenvalue weighted by Gasteiger charge is 2.10. The quantitative estimate of drug-likeness (QED) is 0.912. The first kappa shape index (κ1) is 14.6. The molecule has 0 bridgehead atoms. The van der Waals surface area contributed by atoms with Crippen LogP contribution in [-0.4, -0.2) is 29.0 Å². The van der Waals surface area contributed by atoms with Crippen LogP contribution in [0.4, 0.5) is 11.9 Å². The van der Waals surface area contributed by atoms with Gasteiger partial charge >= 0.3 is 0 Å². The lowest BCUT2D eigenvalue weighted by atomic mass is 10.2. The van der Waals surface area contributed by atoms with Gasteiger partial charge < -0.3 is 10.6 Å². The van der Waals surface area contributed by atoms with Crippen molar-refractivity contribution in [3.8, 4) is 0 Å². The Morgan fingerprint density at radius 3 is 2.50 bits per heavy atom. The van der Waals surface area contributed by atoms with Gasteiger partial charge in [-0.05, 0) is 12.5 Å². The second kappa shape index (κ2) is 6.56. The molecule has 0 saturated carbocycles. The van der Waals surface area contributed by atoms with Crippen LogP contribution in [0.15, 0.2) is 30.3 Å². The van der Waals surface area contributed by atoms with Crippen molar-refractivity contribution in [3.05, 3.63) is 41.7 Å². The summed E-state index contributed by atoms with van der Waals surface area (Å²) in [5.41, 5.74) is 7.02. The number of nitrogens with zero attached hydrogens (tertiary/aromatic N) is 4. The minimum absolute atomic E-state index is 0.270. The highest BCUT2D eigenvalue weighted by molar-refractivity contribution is 7.98. The predicted octanol–water partition coefficient (Wildman–Crippen LogP) is 2.51. The summed E-state index contributed by atoms with van der Waals surface area (Å²) in [4.78, 5) is 14.5. The molecule has 2 rings (SSSR count). The van der Waals surface area contributed by atoms with E-state index in [1.165, 1.54) is 5.56 Å². The SMILES string of the molecule is CC(SCc1nc(N)nc(N(C)C)n1)c1ccccc1. The van der Waals surface area contributed by atoms with Crippen LogP contribution in [0.2, 0.25) is 0 Å². The molecule has 2 aromatic rings. The number of anilines is 2. The van der Waals surface area contributed by atoms with Crippen molar-refractivity contribution in [1.29, 1.82) is 0 Å². The Bertz CT molecular complexity index is 559. The lowest BCUT2D eigenvalue weighted by Gasteiger charge is -2.13. The third-order valence-electron chi connectivity index (χ3n) is 2.82. The molecule has 1 atom stereocenters. The van der Waals surface area contributed by atoms with Gasteiger partial charge in [0.2, 0.25) is 11.9 Å². The van der Waals surface area contributed by atoms with E-state index in [1.807, 2.05) is 25.1 Å². The van der Waals surface area contributed by atoms with Crippen LogP contribution in [-0.2, 0) is 5.75 Å². The van der Waals surface area contributed by atoms with Gasteiger partial charge in [0.15, 0.2) is 0 Å². The van der Waals surface area contributed by atoms with Crippen LogP contribution in [0, 0.1) is 0 Å². The minimum atomic E-state index is 0.270. The summed E-state index contributed by atoms with van der Waals surface area (Å²) in [5.74, 6) is 2.30. The zero-order valence-corrected chi connectivity index (χ0v) is 12.8. The Balaban J connectivity index is 2.04. The van der Waals surface area contributed by atoms with E-state index in [0.29, 0.717) is 22.8 Å². The molecule has 1 heterocycles. The molecule has 2 N–H and O–H groups in total. The summed E-state index contributed by atoms with van der Waals surface area (Å²) < 4.78 is 0. The fraction of sp³-hybridized carbons (Fsp3) is 0.357. The van der Waals surface area contributed by atoms with E-state index in [2.05, 4.69) is 46.1 Å². The smallest absolute Gasteiger partial charge is 0.229 e. The fourth-order valence-corrected chi connectivity index (χ4v) is 2.59. The molecular formula is C14H19N5S. The third-order valence-corrected chi connectivity index (χ3v) is 4.02. The number of hydrogen-bond donors (Lipinski definition) is 1. The van der Waals surface area contributed by atoms with Gasteiger partial charge in [0, 0.05) is 19.3 Å². The van der Waals surface area contributed by atoms with E-state index >= 15 is 0 Å². The van der Waals surface area contributed by atoms with Crippen molar-refractivity contribution in [2.45, 2.75) is 17.9 Å². The topological polar surface area (TPSA) is 67.9 Å². The Hall–Kier alpha value is -1.82. The molecule has 0 amide bonds. The molecule has 106 valence electrons. The van der Waals surface area contributed by atoms with Crippen LogP contribution >= 0.6 is 11.8 Å². The molecule has 0 fully saturated rings. The number of benzene rings is 1. The number of nitrogen functional groups attached to an aromatic ring is 1. The van der Waals surface area contributed by atoms with E-state index in [0.717, 1.165) is 0 Å². The van der Waals surface area contributed by atoms with Gasteiger partial charge in [-0.15, -0.1) is 11.8 Å². The van der Waals surface area contributed by atoms with E-state index < -0.39 is 0 Å². The summed E-state index contributed by atoms with van der Waals surface area (Å²) in [5, 5.41) is 0.386. The maximum Gasteiger partial charge on any atom is 0.229 e. The van der Waals surface area contributed by atoms with Gasteiger partial charge in [-0.1, -0.05) is 30.3 Å². The molecule has 1 aromatic carbocycles. The number of hydrogen-bond acceptors (Lipinski definition) is 6. The maximum absolute atomic E-state index is 5.72. The maximum atomic E-state index is 5.72. The van der Waals surface area contributed by atoms with Crippen LogP contribution in [0.5, 0.6) is 0 Å². The van der Waals surface area contributed by atoms with E-state index in [4.69, 9.17) is 5.73 Å². The molecule has 5 nitrogen and oxygen atoms in total. The lowest BCUT2D eigenvalue weighted by molar-refractivity contribution is 0.917. The summed E-state index contributed by atoms with van der Waals surface area (Å²) in [7, 11) is 3.77. The Morgan fingerprint density at radius 1 is 1.15 bits per heavy atom. The van der Waals surface area contributed by atoms with Crippen LogP contribution < -0.4 is 10.6 Å². The van der Waals surface area contributed by atoms with Crippen molar-refractivity contribution >= 4 is 23.7 Å². The number of thioether (sulfide) groups is 1. The van der Waals surface area contributed by atoms with E-state index in [-0.39, 0.29) is 5.95 Å². The number of nitrogens with two attached hydrogens (primary N) is 1. The zero-order chi connectivity index (χ0) is 14.5. The summed E-state index contributed by atoms with van der Waals surface area (Å²) in [6, 6.07) is 10.4. The molecule has 1 aromatic heterocycles. The first-order chi connectivity index (χ1) is 9.56. The van der Waals surface area contributed by atoms with E-state index in [9.17, 15) is 0 Å². The second-order valence-corrected chi connectivity index (χ2v) is 6.00. The first-order valence-electron chi connectivity index (χ1n) is 6.40. The predicted molar refractivity (Wildman–Crippen MR) is 84.7 cm³/mol. The molecule has 0 aliphatic carbocycles. The van der Waals surface area contributed by atoms with Crippen LogP contribution in [0.25, 0.3) is 0 Å². The monoisotopic (exact) mass is 289 g/mol. The third kappa shape index (κ3) is 3.84. The molecule has 1 unspecified atom stereocenters. The van der Waals surface area contributed by atoms with Gasteiger partial charge in [-0.3, -0.25) is 0 Å². The standard InChI is InChI=1S/C14H19N5S/c1-10(11-7-5-4-6-8-11)20-9-12-16-13(15)18-14(17-12)19(2)3/h4-8,10H,9H2,1-3H3,(H2,15,16,17,18). The average molecular weight is 289 g/mol. The largest absolute Gasteiger partial charge is 0.368 e. The molecular weight excluding hydrogens is 270 g/mol. The molecule has 0 radical (unpaired) electrons. The van der Waals surface area contributed by atoms with Crippen molar-refractivity contribution in [3.63, 3.8) is 0 Å². The molecule has 20 heavy (non-hydrogen) atoms. The molecule has 0 spiro atoms. The van der Waals surface area contributed by atoms with Crippen molar-refractivity contribution < 1.29 is 0 Å². The van der Waals surface area contributed by atoms with Crippen LogP contribution in [0.1, 0.15) is 23.6 Å². The Kier molecular flexibility index (Phi) is 4.79. The van der Waals surface area contributed by atoms with Gasteiger partial charge in [0.1, 0.15) is 5.82 Å². The van der Waals surface area contributed by atoms with Crippen molar-refractivity contribution in [2.75, 3.05) is 24.7 Å². The molecule has 0 aliphatic rings. The summed E-state index contributed by atoms with van der Waals surface area (Å²) in [6.45, 7) is 2.18. The summed E-state index contributed by atoms with van der Waals surface area (Å²) in [6.07, 6.45) is 0. The summed E-state index contributed by atoms with van der Waals surface area (Å²) >= 11 is 1.78. The molecule has 0 saturated heterocycles. The van der Waals surface area contributed by atoms with Gasteiger partial charge in [0.25, 0.3) is 0 Å². The van der Waals surface area contributed by atoms with Crippen LogP contribution in [0.3, 0.4) is 0 Å². The highest BCUT2D eigenvalue weighted by atomic mass is 32.2. The first-order valence-corrected chi connectivity index (χ1v) is 7.45. The van der Waals surface area contributed by atoms with Crippen molar-refractivity contribution in [2.24, 2.45) is 0 Å². The average Bonchev–Trinajstić information content (AvgIpc) is 2.45. The highest BCUT2D eigenvalue weighted by Crippen LogP contribution is 2.30. The second-order valence-electron chi connectivity index (χ2n) is 4.67. The van der Waals surface area contributed by atoms with Gasteiger partial charge in [-0.25, -0.2) is 0 Å². The normalized spacial score (nSPS) is 12.2. The lowest BCUT2D eigenvalue weighted by Crippen LogP contribution is -2.16. The molecule has 0 aliphatic heterocycles. The number of aromatic nitrogens is 3. The van der Waals surface area contributed by atoms with Crippen molar-refractivity contribution in [1.82, 2.24) is 15.0 Å². The number of rotatable bonds is 5. The Labute approximate surface area is 123 Å².